The predicted octanol–water partition coefficient (Wildman–Crippen LogP) is 2.83. The summed E-state index contributed by atoms with van der Waals surface area (Å²) in [5.41, 5.74) is 0.183. The number of hydrogen-bond donors (Lipinski definition) is 1. The maximum absolute atomic E-state index is 9.48. The van der Waals surface area contributed by atoms with Crippen LogP contribution in [0.1, 0.15) is 32.3 Å². The molecular formula is C15H22N2O. The standard InChI is InChI=1S/C15H22N2O/c1-4-8-13(2)18-12-15(11-16,17-3)14-9-6-5-7-10-14/h5-7,9-10,13,17H,4,8,12H2,1-3H3. The van der Waals surface area contributed by atoms with Crippen molar-refractivity contribution in [3.8, 4) is 6.07 Å². The lowest BCUT2D eigenvalue weighted by atomic mass is 9.92. The zero-order valence-corrected chi connectivity index (χ0v) is 11.4. The third-order valence-corrected chi connectivity index (χ3v) is 3.16. The minimum atomic E-state index is -0.761. The number of benzene rings is 1. The average Bonchev–Trinajstić information content (AvgIpc) is 2.42. The molecule has 0 aliphatic heterocycles. The summed E-state index contributed by atoms with van der Waals surface area (Å²) >= 11 is 0. The molecule has 0 amide bonds. The maximum Gasteiger partial charge on any atom is 0.155 e. The van der Waals surface area contributed by atoms with Crippen molar-refractivity contribution in [1.82, 2.24) is 5.32 Å². The highest BCUT2D eigenvalue weighted by Gasteiger charge is 2.31. The first-order valence-electron chi connectivity index (χ1n) is 6.45. The van der Waals surface area contributed by atoms with Gasteiger partial charge in [0.25, 0.3) is 0 Å². The summed E-state index contributed by atoms with van der Waals surface area (Å²) in [6.45, 7) is 4.55. The van der Waals surface area contributed by atoms with Gasteiger partial charge in [0.05, 0.1) is 18.8 Å². The summed E-state index contributed by atoms with van der Waals surface area (Å²) in [6, 6.07) is 12.1. The van der Waals surface area contributed by atoms with Crippen molar-refractivity contribution in [3.63, 3.8) is 0 Å². The van der Waals surface area contributed by atoms with Gasteiger partial charge in [0.2, 0.25) is 0 Å². The van der Waals surface area contributed by atoms with Crippen LogP contribution < -0.4 is 5.32 Å². The predicted molar refractivity (Wildman–Crippen MR) is 73.1 cm³/mol. The van der Waals surface area contributed by atoms with E-state index in [-0.39, 0.29) is 6.10 Å². The first-order valence-corrected chi connectivity index (χ1v) is 6.45. The molecule has 98 valence electrons. The lowest BCUT2D eigenvalue weighted by Crippen LogP contribution is -2.43. The smallest absolute Gasteiger partial charge is 0.155 e. The third-order valence-electron chi connectivity index (χ3n) is 3.16. The van der Waals surface area contributed by atoms with Gasteiger partial charge in [0.15, 0.2) is 5.54 Å². The van der Waals surface area contributed by atoms with Crippen LogP contribution in [0.5, 0.6) is 0 Å². The van der Waals surface area contributed by atoms with Crippen molar-refractivity contribution < 1.29 is 4.74 Å². The zero-order chi connectivity index (χ0) is 13.4. The van der Waals surface area contributed by atoms with Gasteiger partial charge in [-0.2, -0.15) is 5.26 Å². The van der Waals surface area contributed by atoms with Crippen LogP contribution >= 0.6 is 0 Å². The fourth-order valence-electron chi connectivity index (χ4n) is 1.93. The SMILES string of the molecule is CCCC(C)OCC(C#N)(NC)c1ccccc1. The highest BCUT2D eigenvalue weighted by atomic mass is 16.5. The molecular weight excluding hydrogens is 224 g/mol. The first kappa shape index (κ1) is 14.7. The molecule has 0 heterocycles. The normalized spacial score (nSPS) is 15.7. The monoisotopic (exact) mass is 246 g/mol. The van der Waals surface area contributed by atoms with Gasteiger partial charge in [0.1, 0.15) is 0 Å². The minimum Gasteiger partial charge on any atom is -0.375 e. The fourth-order valence-corrected chi connectivity index (χ4v) is 1.93. The third kappa shape index (κ3) is 3.56. The highest BCUT2D eigenvalue weighted by Crippen LogP contribution is 2.21. The van der Waals surface area contributed by atoms with Gasteiger partial charge in [-0.15, -0.1) is 0 Å². The van der Waals surface area contributed by atoms with Crippen LogP contribution in [-0.2, 0) is 10.3 Å². The number of ether oxygens (including phenoxy) is 1. The Morgan fingerprint density at radius 3 is 2.56 bits per heavy atom. The molecule has 0 fully saturated rings. The van der Waals surface area contributed by atoms with Crippen molar-refractivity contribution in [2.45, 2.75) is 38.3 Å². The number of nitrogens with one attached hydrogen (secondary N) is 1. The van der Waals surface area contributed by atoms with Crippen LogP contribution in [0.25, 0.3) is 0 Å². The molecule has 1 aromatic carbocycles. The molecule has 0 saturated carbocycles. The molecule has 0 saturated heterocycles. The Labute approximate surface area is 110 Å². The summed E-state index contributed by atoms with van der Waals surface area (Å²) in [5.74, 6) is 0. The summed E-state index contributed by atoms with van der Waals surface area (Å²) in [4.78, 5) is 0. The van der Waals surface area contributed by atoms with E-state index in [1.807, 2.05) is 37.3 Å². The van der Waals surface area contributed by atoms with Crippen LogP contribution in [0.2, 0.25) is 0 Å². The second kappa shape index (κ2) is 7.15. The van der Waals surface area contributed by atoms with Gasteiger partial charge >= 0.3 is 0 Å². The Balaban J connectivity index is 2.79. The number of hydrogen-bond acceptors (Lipinski definition) is 3. The fraction of sp³-hybridized carbons (Fsp3) is 0.533. The molecule has 3 nitrogen and oxygen atoms in total. The van der Waals surface area contributed by atoms with Crippen molar-refractivity contribution in [1.29, 1.82) is 5.26 Å². The molecule has 0 aliphatic carbocycles. The van der Waals surface area contributed by atoms with Gasteiger partial charge in [-0.1, -0.05) is 43.7 Å². The molecule has 3 heteroatoms. The summed E-state index contributed by atoms with van der Waals surface area (Å²) in [7, 11) is 1.80. The Bertz CT molecular complexity index is 385. The van der Waals surface area contributed by atoms with Crippen molar-refractivity contribution in [3.05, 3.63) is 35.9 Å². The number of likely N-dealkylation sites (N-methyl/N-ethyl adjacent to an activating group) is 1. The quantitative estimate of drug-likeness (QED) is 0.804. The van der Waals surface area contributed by atoms with Crippen LogP contribution in [0, 0.1) is 11.3 Å². The van der Waals surface area contributed by atoms with Crippen molar-refractivity contribution >= 4 is 0 Å². The van der Waals surface area contributed by atoms with E-state index in [2.05, 4.69) is 18.3 Å². The number of nitriles is 1. The molecule has 0 bridgehead atoms. The van der Waals surface area contributed by atoms with Crippen LogP contribution in [0.15, 0.2) is 30.3 Å². The lowest BCUT2D eigenvalue weighted by molar-refractivity contribution is 0.0296. The van der Waals surface area contributed by atoms with E-state index >= 15 is 0 Å². The second-order valence-corrected chi connectivity index (χ2v) is 4.54. The molecule has 18 heavy (non-hydrogen) atoms. The Morgan fingerprint density at radius 2 is 2.06 bits per heavy atom. The van der Waals surface area contributed by atoms with E-state index in [0.29, 0.717) is 6.61 Å². The lowest BCUT2D eigenvalue weighted by Gasteiger charge is -2.28. The van der Waals surface area contributed by atoms with E-state index in [1.54, 1.807) is 7.05 Å². The van der Waals surface area contributed by atoms with Gasteiger partial charge < -0.3 is 4.74 Å². The molecule has 2 atom stereocenters. The summed E-state index contributed by atoms with van der Waals surface area (Å²) < 4.78 is 5.80. The first-order chi connectivity index (χ1) is 8.68. The summed E-state index contributed by atoms with van der Waals surface area (Å²) in [6.07, 6.45) is 2.28. The minimum absolute atomic E-state index is 0.180. The molecule has 2 unspecified atom stereocenters. The van der Waals surface area contributed by atoms with Crippen LogP contribution in [0.4, 0.5) is 0 Å². The Kier molecular flexibility index (Phi) is 5.84. The van der Waals surface area contributed by atoms with Crippen LogP contribution in [-0.4, -0.2) is 19.8 Å². The molecule has 1 aromatic rings. The van der Waals surface area contributed by atoms with E-state index in [9.17, 15) is 5.26 Å². The Morgan fingerprint density at radius 1 is 1.39 bits per heavy atom. The Hall–Kier alpha value is -1.37. The van der Waals surface area contributed by atoms with Gasteiger partial charge in [0, 0.05) is 0 Å². The average molecular weight is 246 g/mol. The molecule has 0 aliphatic rings. The summed E-state index contributed by atoms with van der Waals surface area (Å²) in [5, 5.41) is 12.6. The van der Waals surface area contributed by atoms with Gasteiger partial charge in [-0.25, -0.2) is 0 Å². The molecule has 0 aromatic heterocycles. The molecule has 1 N–H and O–H groups in total. The second-order valence-electron chi connectivity index (χ2n) is 4.54. The van der Waals surface area contributed by atoms with E-state index < -0.39 is 5.54 Å². The molecule has 0 radical (unpaired) electrons. The van der Waals surface area contributed by atoms with E-state index in [4.69, 9.17) is 4.74 Å². The van der Waals surface area contributed by atoms with Crippen molar-refractivity contribution in [2.24, 2.45) is 0 Å². The van der Waals surface area contributed by atoms with Crippen molar-refractivity contribution in [2.75, 3.05) is 13.7 Å². The zero-order valence-electron chi connectivity index (χ0n) is 11.4. The number of nitrogens with zero attached hydrogens (tertiary/aromatic N) is 1. The highest BCUT2D eigenvalue weighted by molar-refractivity contribution is 5.31. The maximum atomic E-state index is 9.48. The molecule has 0 spiro atoms. The van der Waals surface area contributed by atoms with E-state index in [0.717, 1.165) is 18.4 Å². The largest absolute Gasteiger partial charge is 0.375 e. The van der Waals surface area contributed by atoms with Crippen LogP contribution in [0.3, 0.4) is 0 Å². The molecule has 1 rings (SSSR count). The topological polar surface area (TPSA) is 45.0 Å². The van der Waals surface area contributed by atoms with E-state index in [1.165, 1.54) is 0 Å². The van der Waals surface area contributed by atoms with Gasteiger partial charge in [-0.3, -0.25) is 5.32 Å². The number of rotatable bonds is 7. The van der Waals surface area contributed by atoms with Gasteiger partial charge in [-0.05, 0) is 26.0 Å².